The molecule has 0 aromatic rings. The van der Waals surface area contributed by atoms with Gasteiger partial charge in [-0.05, 0) is 12.8 Å². The maximum Gasteiger partial charge on any atom is 0.316 e. The molecule has 0 aliphatic rings. The molecule has 5 heteroatoms. The Balaban J connectivity index is -0.000000688. The zero-order chi connectivity index (χ0) is 29.8. The van der Waals surface area contributed by atoms with Crippen LogP contribution in [-0.4, -0.2) is 45.2 Å². The lowest BCUT2D eigenvalue weighted by atomic mass is 10.0. The molecule has 0 unspecified atom stereocenters. The molecular formula is C36H74MgO4. The average molecular weight is 595 g/mol. The number of rotatable bonds is 32. The van der Waals surface area contributed by atoms with Crippen molar-refractivity contribution in [3.63, 3.8) is 0 Å². The average Bonchev–Trinajstić information content (AvgIpc) is 2.93. The quantitative estimate of drug-likeness (QED) is 0.0600. The highest BCUT2D eigenvalue weighted by atomic mass is 24.3. The molecule has 244 valence electrons. The molecule has 0 aliphatic carbocycles. The highest BCUT2D eigenvalue weighted by Crippen LogP contribution is 2.15. The molecule has 0 aromatic heterocycles. The first-order valence-corrected chi connectivity index (χ1v) is 18.0. The van der Waals surface area contributed by atoms with Crippen LogP contribution in [0.3, 0.4) is 0 Å². The molecule has 0 bridgehead atoms. The summed E-state index contributed by atoms with van der Waals surface area (Å²) in [5.74, 6) is -1.31. The number of unbranched alkanes of at least 4 members (excludes halogenated alkanes) is 28. The van der Waals surface area contributed by atoms with Gasteiger partial charge < -0.3 is 10.2 Å². The van der Waals surface area contributed by atoms with Crippen LogP contribution in [0.2, 0.25) is 0 Å². The summed E-state index contributed by atoms with van der Waals surface area (Å²) >= 11 is 0. The van der Waals surface area contributed by atoms with Gasteiger partial charge in [0, 0.05) is 12.8 Å². The Bertz CT molecular complexity index is 454. The third kappa shape index (κ3) is 49.7. The van der Waals surface area contributed by atoms with Gasteiger partial charge in [0.1, 0.15) is 0 Å². The molecule has 4 nitrogen and oxygen atoms in total. The second-order valence-electron chi connectivity index (χ2n) is 12.2. The van der Waals surface area contributed by atoms with E-state index in [1.807, 2.05) is 0 Å². The van der Waals surface area contributed by atoms with Gasteiger partial charge in [-0.1, -0.05) is 194 Å². The van der Waals surface area contributed by atoms with Gasteiger partial charge in [-0.15, -0.1) is 0 Å². The molecule has 2 N–H and O–H groups in total. The van der Waals surface area contributed by atoms with E-state index in [0.717, 1.165) is 25.7 Å². The molecule has 0 fully saturated rings. The third-order valence-electron chi connectivity index (χ3n) is 7.99. The van der Waals surface area contributed by atoms with Gasteiger partial charge in [0.15, 0.2) is 0 Å². The van der Waals surface area contributed by atoms with Crippen molar-refractivity contribution >= 4 is 35.0 Å². The molecule has 0 saturated carbocycles. The van der Waals surface area contributed by atoms with Crippen molar-refractivity contribution in [2.75, 3.05) is 0 Å². The fourth-order valence-electron chi connectivity index (χ4n) is 5.30. The molecule has 0 aromatic carbocycles. The van der Waals surface area contributed by atoms with E-state index >= 15 is 0 Å². The van der Waals surface area contributed by atoms with Crippen LogP contribution in [0, 0.1) is 0 Å². The lowest BCUT2D eigenvalue weighted by molar-refractivity contribution is -0.138. The first-order valence-electron chi connectivity index (χ1n) is 18.0. The molecule has 0 amide bonds. The highest BCUT2D eigenvalue weighted by Gasteiger charge is 1.98. The van der Waals surface area contributed by atoms with Crippen LogP contribution >= 0.6 is 0 Å². The van der Waals surface area contributed by atoms with Crippen molar-refractivity contribution in [2.24, 2.45) is 0 Å². The Labute approximate surface area is 273 Å². The smallest absolute Gasteiger partial charge is 0.316 e. The molecule has 0 spiro atoms. The molecule has 0 heterocycles. The summed E-state index contributed by atoms with van der Waals surface area (Å²) in [6.07, 6.45) is 40.4. The van der Waals surface area contributed by atoms with Gasteiger partial charge in [0.05, 0.1) is 0 Å². The van der Waals surface area contributed by atoms with Crippen LogP contribution < -0.4 is 0 Å². The third-order valence-corrected chi connectivity index (χ3v) is 7.99. The van der Waals surface area contributed by atoms with Crippen LogP contribution in [0.5, 0.6) is 0 Å². The minimum atomic E-state index is -0.653. The molecular weight excluding hydrogens is 521 g/mol. The van der Waals surface area contributed by atoms with Crippen molar-refractivity contribution < 1.29 is 19.8 Å². The minimum absolute atomic E-state index is 0. The summed E-state index contributed by atoms with van der Waals surface area (Å²) in [5, 5.41) is 17.0. The van der Waals surface area contributed by atoms with E-state index in [0.29, 0.717) is 12.8 Å². The maximum atomic E-state index is 10.3. The molecule has 0 aliphatic heterocycles. The van der Waals surface area contributed by atoms with E-state index in [1.165, 1.54) is 167 Å². The minimum Gasteiger partial charge on any atom is -0.481 e. The van der Waals surface area contributed by atoms with Gasteiger partial charge in [-0.3, -0.25) is 9.59 Å². The largest absolute Gasteiger partial charge is 0.481 e. The maximum absolute atomic E-state index is 10.3. The molecule has 0 atom stereocenters. The number of carbonyl (C=O) groups is 2. The molecule has 41 heavy (non-hydrogen) atoms. The zero-order valence-corrected chi connectivity index (χ0v) is 27.3. The van der Waals surface area contributed by atoms with E-state index in [1.54, 1.807) is 0 Å². The highest BCUT2D eigenvalue weighted by molar-refractivity contribution is 5.75. The van der Waals surface area contributed by atoms with Gasteiger partial charge in [-0.2, -0.15) is 0 Å². The van der Waals surface area contributed by atoms with Crippen LogP contribution in [0.15, 0.2) is 0 Å². The SMILES string of the molecule is CCCCCCCCCCCCCCCCCC(=O)O.CCCCCCCCCCCCCCCCCC(=O)O.[MgH2]. The second-order valence-corrected chi connectivity index (χ2v) is 12.2. The van der Waals surface area contributed by atoms with Gasteiger partial charge in [0.25, 0.3) is 0 Å². The summed E-state index contributed by atoms with van der Waals surface area (Å²) in [6.45, 7) is 4.54. The number of carboxylic acids is 2. The Kier molecular flexibility index (Phi) is 46.1. The lowest BCUT2D eigenvalue weighted by Crippen LogP contribution is -1.93. The summed E-state index contributed by atoms with van der Waals surface area (Å²) in [7, 11) is 0. The van der Waals surface area contributed by atoms with Gasteiger partial charge >= 0.3 is 35.0 Å². The number of hydrogen-bond acceptors (Lipinski definition) is 2. The van der Waals surface area contributed by atoms with Crippen LogP contribution in [-0.2, 0) is 9.59 Å². The molecule has 0 rings (SSSR count). The fourth-order valence-corrected chi connectivity index (χ4v) is 5.30. The summed E-state index contributed by atoms with van der Waals surface area (Å²) in [4.78, 5) is 20.7. The van der Waals surface area contributed by atoms with E-state index < -0.39 is 11.9 Å². The summed E-state index contributed by atoms with van der Waals surface area (Å²) in [6, 6.07) is 0. The first kappa shape index (κ1) is 45.1. The van der Waals surface area contributed by atoms with Crippen molar-refractivity contribution in [1.29, 1.82) is 0 Å². The predicted octanol–water partition coefficient (Wildman–Crippen LogP) is 11.7. The molecule has 0 saturated heterocycles. The molecule has 0 radical (unpaired) electrons. The second kappa shape index (κ2) is 41.8. The topological polar surface area (TPSA) is 74.6 Å². The van der Waals surface area contributed by atoms with Crippen molar-refractivity contribution in [3.05, 3.63) is 0 Å². The Morgan fingerprint density at radius 2 is 0.463 bits per heavy atom. The van der Waals surface area contributed by atoms with Crippen molar-refractivity contribution in [3.8, 4) is 0 Å². The Morgan fingerprint density at radius 3 is 0.610 bits per heavy atom. The van der Waals surface area contributed by atoms with Gasteiger partial charge in [-0.25, -0.2) is 0 Å². The summed E-state index contributed by atoms with van der Waals surface area (Å²) < 4.78 is 0. The standard InChI is InChI=1S/2C18H36O2.Mg.2H/c2*1-2-3-4-5-6-7-8-9-10-11-12-13-14-15-16-17-18(19)20;;;/h2*2-17H2,1H3,(H,19,20);;;. The van der Waals surface area contributed by atoms with Crippen molar-refractivity contribution in [2.45, 2.75) is 219 Å². The number of aliphatic carboxylic acids is 2. The van der Waals surface area contributed by atoms with Crippen LogP contribution in [0.4, 0.5) is 0 Å². The van der Waals surface area contributed by atoms with Crippen LogP contribution in [0.25, 0.3) is 0 Å². The Morgan fingerprint density at radius 1 is 0.317 bits per heavy atom. The zero-order valence-electron chi connectivity index (χ0n) is 27.3. The number of carboxylic acid groups (broad SMARTS) is 2. The lowest BCUT2D eigenvalue weighted by Gasteiger charge is -2.03. The van der Waals surface area contributed by atoms with E-state index in [2.05, 4.69) is 13.8 Å². The normalized spacial score (nSPS) is 10.6. The van der Waals surface area contributed by atoms with Crippen LogP contribution in [0.1, 0.15) is 219 Å². The first-order chi connectivity index (χ1) is 19.5. The van der Waals surface area contributed by atoms with E-state index in [4.69, 9.17) is 10.2 Å². The monoisotopic (exact) mass is 595 g/mol. The predicted molar refractivity (Wildman–Crippen MR) is 183 cm³/mol. The summed E-state index contributed by atoms with van der Waals surface area (Å²) in [5.41, 5.74) is 0. The fraction of sp³-hybridized carbons (Fsp3) is 0.944. The van der Waals surface area contributed by atoms with E-state index in [9.17, 15) is 9.59 Å². The van der Waals surface area contributed by atoms with Crippen molar-refractivity contribution in [1.82, 2.24) is 0 Å². The number of hydrogen-bond donors (Lipinski definition) is 2. The Hall–Kier alpha value is -0.294. The van der Waals surface area contributed by atoms with E-state index in [-0.39, 0.29) is 23.1 Å². The van der Waals surface area contributed by atoms with Gasteiger partial charge in [0.2, 0.25) is 0 Å².